The van der Waals surface area contributed by atoms with Crippen LogP contribution in [-0.4, -0.2) is 50.3 Å². The van der Waals surface area contributed by atoms with Crippen LogP contribution in [-0.2, 0) is 4.79 Å². The topological polar surface area (TPSA) is 66.9 Å². The lowest BCUT2D eigenvalue weighted by Crippen LogP contribution is -2.46. The summed E-state index contributed by atoms with van der Waals surface area (Å²) in [5.41, 5.74) is 2.63. The van der Waals surface area contributed by atoms with E-state index in [-0.39, 0.29) is 12.5 Å². The van der Waals surface area contributed by atoms with Crippen LogP contribution in [0.25, 0.3) is 10.9 Å². The lowest BCUT2D eigenvalue weighted by Gasteiger charge is -2.36. The number of hydrogen-bond acceptors (Lipinski definition) is 6. The molecule has 0 aliphatic carbocycles. The first-order valence-electron chi connectivity index (χ1n) is 12.3. The molecule has 1 aromatic heterocycles. The maximum atomic E-state index is 12.6. The average Bonchev–Trinajstić information content (AvgIpc) is 2.93. The van der Waals surface area contributed by atoms with E-state index in [1.807, 2.05) is 55.5 Å². The van der Waals surface area contributed by atoms with Crippen LogP contribution in [0.2, 0.25) is 0 Å². The highest BCUT2D eigenvalue weighted by Gasteiger charge is 2.19. The van der Waals surface area contributed by atoms with Gasteiger partial charge in [0.2, 0.25) is 0 Å². The van der Waals surface area contributed by atoms with Crippen LogP contribution in [0.15, 0.2) is 84.9 Å². The molecule has 1 saturated heterocycles. The molecule has 36 heavy (non-hydrogen) atoms. The zero-order valence-corrected chi connectivity index (χ0v) is 20.4. The summed E-state index contributed by atoms with van der Waals surface area (Å²) < 4.78 is 11.5. The van der Waals surface area contributed by atoms with E-state index in [2.05, 4.69) is 51.5 Å². The summed E-state index contributed by atoms with van der Waals surface area (Å²) in [4.78, 5) is 22.2. The molecular weight excluding hydrogens is 452 g/mol. The maximum absolute atomic E-state index is 12.6. The molecule has 1 fully saturated rings. The first kappa shape index (κ1) is 23.5. The summed E-state index contributed by atoms with van der Waals surface area (Å²) >= 11 is 0. The number of carbonyl (C=O) groups is 1. The molecule has 0 bridgehead atoms. The number of para-hydroxylation sites is 4. The lowest BCUT2D eigenvalue weighted by molar-refractivity contribution is -0.118. The third kappa shape index (κ3) is 5.35. The molecule has 1 aliphatic rings. The summed E-state index contributed by atoms with van der Waals surface area (Å²) in [6.07, 6.45) is 0. The Labute approximate surface area is 211 Å². The monoisotopic (exact) mass is 482 g/mol. The van der Waals surface area contributed by atoms with Crippen LogP contribution in [0, 0.1) is 0 Å². The Kier molecular flexibility index (Phi) is 7.17. The van der Waals surface area contributed by atoms with Crippen LogP contribution in [0.5, 0.6) is 11.5 Å². The zero-order chi connectivity index (χ0) is 24.7. The quantitative estimate of drug-likeness (QED) is 0.382. The molecule has 5 rings (SSSR count). The molecule has 0 saturated carbocycles. The zero-order valence-electron chi connectivity index (χ0n) is 20.4. The number of anilines is 3. The number of pyridine rings is 1. The van der Waals surface area contributed by atoms with Crippen molar-refractivity contribution in [1.29, 1.82) is 0 Å². The molecule has 1 aliphatic heterocycles. The molecule has 1 N–H and O–H groups in total. The molecule has 0 radical (unpaired) electrons. The van der Waals surface area contributed by atoms with Gasteiger partial charge >= 0.3 is 0 Å². The summed E-state index contributed by atoms with van der Waals surface area (Å²) in [6, 6.07) is 27.8. The van der Waals surface area contributed by atoms with Crippen molar-refractivity contribution in [3.8, 4) is 11.5 Å². The van der Waals surface area contributed by atoms with E-state index >= 15 is 0 Å². The molecule has 7 heteroatoms. The number of rotatable bonds is 8. The van der Waals surface area contributed by atoms with E-state index in [1.165, 1.54) is 5.69 Å². The molecule has 4 aromatic rings. The summed E-state index contributed by atoms with van der Waals surface area (Å²) in [5, 5.41) is 3.85. The van der Waals surface area contributed by atoms with Crippen molar-refractivity contribution < 1.29 is 14.3 Å². The number of carbonyl (C=O) groups excluding carboxylic acids is 1. The number of aromatic nitrogens is 1. The van der Waals surface area contributed by atoms with Crippen molar-refractivity contribution in [2.45, 2.75) is 6.92 Å². The second kappa shape index (κ2) is 11.0. The van der Waals surface area contributed by atoms with E-state index in [0.29, 0.717) is 23.8 Å². The van der Waals surface area contributed by atoms with Crippen LogP contribution < -0.4 is 24.6 Å². The number of benzene rings is 3. The highest BCUT2D eigenvalue weighted by atomic mass is 16.5. The second-order valence-electron chi connectivity index (χ2n) is 8.57. The first-order valence-corrected chi connectivity index (χ1v) is 12.3. The number of nitrogens with one attached hydrogen (secondary N) is 1. The largest absolute Gasteiger partial charge is 0.492 e. The maximum Gasteiger partial charge on any atom is 0.262 e. The molecule has 0 spiro atoms. The number of amides is 1. The van der Waals surface area contributed by atoms with Crippen molar-refractivity contribution in [2.75, 3.05) is 54.5 Å². The average molecular weight is 483 g/mol. The molecular formula is C29H30N4O3. The smallest absolute Gasteiger partial charge is 0.262 e. The fourth-order valence-corrected chi connectivity index (χ4v) is 4.42. The van der Waals surface area contributed by atoms with Gasteiger partial charge in [-0.1, -0.05) is 42.5 Å². The number of hydrogen-bond donors (Lipinski definition) is 1. The Morgan fingerprint density at radius 3 is 2.33 bits per heavy atom. The standard InChI is InChI=1S/C29H30N4O3/c1-2-35-25-13-7-6-12-24(25)30-28(34)21-36-26-14-8-9-22-15-16-27(31-29(22)26)33-19-17-32(18-20-33)23-10-4-3-5-11-23/h3-16H,2,17-21H2,1H3,(H,30,34). The third-order valence-corrected chi connectivity index (χ3v) is 6.21. The van der Waals surface area contributed by atoms with E-state index in [1.54, 1.807) is 0 Å². The Hall–Kier alpha value is -4.26. The number of nitrogens with zero attached hydrogens (tertiary/aromatic N) is 3. The Morgan fingerprint density at radius 2 is 1.53 bits per heavy atom. The lowest BCUT2D eigenvalue weighted by atomic mass is 10.2. The van der Waals surface area contributed by atoms with E-state index in [4.69, 9.17) is 14.5 Å². The van der Waals surface area contributed by atoms with Gasteiger partial charge in [0, 0.05) is 37.3 Å². The first-order chi connectivity index (χ1) is 17.7. The predicted octanol–water partition coefficient (Wildman–Crippen LogP) is 4.98. The van der Waals surface area contributed by atoms with E-state index in [0.717, 1.165) is 42.9 Å². The second-order valence-corrected chi connectivity index (χ2v) is 8.57. The number of piperazine rings is 1. The van der Waals surface area contributed by atoms with Crippen molar-refractivity contribution in [3.05, 3.63) is 84.9 Å². The van der Waals surface area contributed by atoms with Crippen molar-refractivity contribution >= 4 is 34.0 Å². The van der Waals surface area contributed by atoms with E-state index < -0.39 is 0 Å². The van der Waals surface area contributed by atoms with Gasteiger partial charge in [-0.25, -0.2) is 4.98 Å². The van der Waals surface area contributed by atoms with Gasteiger partial charge in [-0.15, -0.1) is 0 Å². The fraction of sp³-hybridized carbons (Fsp3) is 0.241. The summed E-state index contributed by atoms with van der Waals surface area (Å²) in [5.74, 6) is 1.89. The minimum atomic E-state index is -0.257. The van der Waals surface area contributed by atoms with Crippen LogP contribution in [0.3, 0.4) is 0 Å². The van der Waals surface area contributed by atoms with Crippen LogP contribution in [0.1, 0.15) is 6.92 Å². The highest BCUT2D eigenvalue weighted by molar-refractivity contribution is 5.94. The molecule has 7 nitrogen and oxygen atoms in total. The molecule has 1 amide bonds. The highest BCUT2D eigenvalue weighted by Crippen LogP contribution is 2.28. The summed E-state index contributed by atoms with van der Waals surface area (Å²) in [7, 11) is 0. The van der Waals surface area contributed by atoms with Gasteiger partial charge in [0.25, 0.3) is 5.91 Å². The Morgan fingerprint density at radius 1 is 0.806 bits per heavy atom. The predicted molar refractivity (Wildman–Crippen MR) is 144 cm³/mol. The Balaban J connectivity index is 1.26. The third-order valence-electron chi connectivity index (χ3n) is 6.21. The molecule has 2 heterocycles. The van der Waals surface area contributed by atoms with Gasteiger partial charge in [-0.3, -0.25) is 4.79 Å². The minimum Gasteiger partial charge on any atom is -0.492 e. The van der Waals surface area contributed by atoms with Gasteiger partial charge in [-0.05, 0) is 49.4 Å². The van der Waals surface area contributed by atoms with Gasteiger partial charge in [0.15, 0.2) is 6.61 Å². The van der Waals surface area contributed by atoms with Gasteiger partial charge in [0.1, 0.15) is 22.8 Å². The SMILES string of the molecule is CCOc1ccccc1NC(=O)COc1cccc2ccc(N3CCN(c4ccccc4)CC3)nc12. The summed E-state index contributed by atoms with van der Waals surface area (Å²) in [6.45, 7) is 5.95. The molecule has 0 atom stereocenters. The van der Waals surface area contributed by atoms with Gasteiger partial charge in [0.05, 0.1) is 12.3 Å². The van der Waals surface area contributed by atoms with Gasteiger partial charge < -0.3 is 24.6 Å². The Bertz CT molecular complexity index is 1320. The van der Waals surface area contributed by atoms with Crippen LogP contribution in [0.4, 0.5) is 17.2 Å². The fourth-order valence-electron chi connectivity index (χ4n) is 4.42. The molecule has 0 unspecified atom stereocenters. The van der Waals surface area contributed by atoms with Crippen molar-refractivity contribution in [2.24, 2.45) is 0 Å². The number of ether oxygens (including phenoxy) is 2. The van der Waals surface area contributed by atoms with Crippen molar-refractivity contribution in [1.82, 2.24) is 4.98 Å². The van der Waals surface area contributed by atoms with Crippen LogP contribution >= 0.6 is 0 Å². The van der Waals surface area contributed by atoms with Crippen molar-refractivity contribution in [3.63, 3.8) is 0 Å². The van der Waals surface area contributed by atoms with E-state index in [9.17, 15) is 4.79 Å². The number of fused-ring (bicyclic) bond motifs is 1. The normalized spacial score (nSPS) is 13.5. The molecule has 184 valence electrons. The molecule has 3 aromatic carbocycles. The minimum absolute atomic E-state index is 0.124. The van der Waals surface area contributed by atoms with Gasteiger partial charge in [-0.2, -0.15) is 0 Å².